The van der Waals surface area contributed by atoms with Crippen molar-refractivity contribution < 1.29 is 13.9 Å². The molecule has 2 heterocycles. The monoisotopic (exact) mass is 357 g/mol. The third-order valence-corrected chi connectivity index (χ3v) is 4.51. The van der Waals surface area contributed by atoms with Crippen molar-refractivity contribution in [1.82, 2.24) is 15.2 Å². The Labute approximate surface area is 154 Å². The van der Waals surface area contributed by atoms with E-state index in [0.29, 0.717) is 24.4 Å². The molecule has 140 valence electrons. The van der Waals surface area contributed by atoms with Crippen LogP contribution in [0.1, 0.15) is 26.2 Å². The standard InChI is InChI=1S/C20H27N3O3/c1-15(2)13-16(23-9-11-25-12-10-23)14-21-19(24)7-8-20-22-17-5-3-4-6-18(17)26-20/h3-8,15-16H,9-14H2,1-2H3,(H,21,24)/b8-7+. The molecule has 0 spiro atoms. The number of carbonyl (C=O) groups is 1. The summed E-state index contributed by atoms with van der Waals surface area (Å²) in [6, 6.07) is 7.88. The van der Waals surface area contributed by atoms with E-state index < -0.39 is 0 Å². The topological polar surface area (TPSA) is 67.6 Å². The fourth-order valence-electron chi connectivity index (χ4n) is 3.23. The minimum Gasteiger partial charge on any atom is -0.437 e. The Balaban J connectivity index is 1.55. The Bertz CT molecular complexity index is 715. The van der Waals surface area contributed by atoms with Crippen molar-refractivity contribution in [2.45, 2.75) is 26.3 Å². The van der Waals surface area contributed by atoms with Gasteiger partial charge in [-0.3, -0.25) is 9.69 Å². The van der Waals surface area contributed by atoms with E-state index in [1.807, 2.05) is 24.3 Å². The summed E-state index contributed by atoms with van der Waals surface area (Å²) in [6.07, 6.45) is 4.15. The minimum atomic E-state index is -0.130. The van der Waals surface area contributed by atoms with Crippen molar-refractivity contribution >= 4 is 23.1 Å². The highest BCUT2D eigenvalue weighted by Gasteiger charge is 2.22. The molecule has 0 radical (unpaired) electrons. The molecule has 6 heteroatoms. The third-order valence-electron chi connectivity index (χ3n) is 4.51. The number of morpholine rings is 1. The fourth-order valence-corrected chi connectivity index (χ4v) is 3.23. The van der Waals surface area contributed by atoms with Crippen LogP contribution in [0, 0.1) is 5.92 Å². The molecule has 6 nitrogen and oxygen atoms in total. The highest BCUT2D eigenvalue weighted by molar-refractivity contribution is 5.91. The van der Waals surface area contributed by atoms with E-state index in [0.717, 1.165) is 43.8 Å². The second kappa shape index (κ2) is 8.96. The van der Waals surface area contributed by atoms with Gasteiger partial charge in [-0.2, -0.15) is 0 Å². The molecule has 1 saturated heterocycles. The van der Waals surface area contributed by atoms with Crippen LogP contribution in [-0.4, -0.2) is 54.7 Å². The molecule has 1 atom stereocenters. The molecule has 1 unspecified atom stereocenters. The van der Waals surface area contributed by atoms with Gasteiger partial charge in [-0.25, -0.2) is 4.98 Å². The van der Waals surface area contributed by atoms with Crippen molar-refractivity contribution in [3.63, 3.8) is 0 Å². The lowest BCUT2D eigenvalue weighted by Gasteiger charge is -2.35. The minimum absolute atomic E-state index is 0.130. The Morgan fingerprint density at radius 3 is 2.81 bits per heavy atom. The van der Waals surface area contributed by atoms with Crippen LogP contribution in [0.2, 0.25) is 0 Å². The summed E-state index contributed by atoms with van der Waals surface area (Å²) in [5.41, 5.74) is 1.51. The lowest BCUT2D eigenvalue weighted by molar-refractivity contribution is -0.116. The summed E-state index contributed by atoms with van der Waals surface area (Å²) in [5, 5.41) is 3.01. The maximum Gasteiger partial charge on any atom is 0.244 e. The number of fused-ring (bicyclic) bond motifs is 1. The van der Waals surface area contributed by atoms with Gasteiger partial charge < -0.3 is 14.5 Å². The first kappa shape index (κ1) is 18.6. The van der Waals surface area contributed by atoms with Crippen LogP contribution >= 0.6 is 0 Å². The Morgan fingerprint density at radius 1 is 1.31 bits per heavy atom. The summed E-state index contributed by atoms with van der Waals surface area (Å²) in [5.74, 6) is 0.887. The molecule has 1 fully saturated rings. The van der Waals surface area contributed by atoms with Gasteiger partial charge in [0.15, 0.2) is 5.58 Å². The molecule has 1 aliphatic heterocycles. The maximum absolute atomic E-state index is 12.2. The molecule has 0 bridgehead atoms. The van der Waals surface area contributed by atoms with E-state index in [1.165, 1.54) is 6.08 Å². The van der Waals surface area contributed by atoms with E-state index in [1.54, 1.807) is 6.08 Å². The normalized spacial score (nSPS) is 17.2. The zero-order valence-electron chi connectivity index (χ0n) is 15.5. The summed E-state index contributed by atoms with van der Waals surface area (Å²) in [4.78, 5) is 18.9. The first-order valence-corrected chi connectivity index (χ1v) is 9.25. The van der Waals surface area contributed by atoms with Gasteiger partial charge in [-0.1, -0.05) is 26.0 Å². The predicted molar refractivity (Wildman–Crippen MR) is 102 cm³/mol. The fraction of sp³-hybridized carbons (Fsp3) is 0.500. The van der Waals surface area contributed by atoms with Gasteiger partial charge >= 0.3 is 0 Å². The molecule has 1 amide bonds. The third kappa shape index (κ3) is 5.16. The number of nitrogens with zero attached hydrogens (tertiary/aromatic N) is 2. The van der Waals surface area contributed by atoms with Crippen LogP contribution in [0.25, 0.3) is 17.2 Å². The smallest absolute Gasteiger partial charge is 0.244 e. The quantitative estimate of drug-likeness (QED) is 0.772. The summed E-state index contributed by atoms with van der Waals surface area (Å²) >= 11 is 0. The van der Waals surface area contributed by atoms with Gasteiger partial charge in [-0.15, -0.1) is 0 Å². The van der Waals surface area contributed by atoms with E-state index in [9.17, 15) is 4.79 Å². The Hall–Kier alpha value is -2.18. The number of aromatic nitrogens is 1. The Kier molecular flexibility index (Phi) is 6.41. The van der Waals surface area contributed by atoms with Crippen molar-refractivity contribution in [2.75, 3.05) is 32.8 Å². The van der Waals surface area contributed by atoms with Gasteiger partial charge in [0.05, 0.1) is 13.2 Å². The molecule has 26 heavy (non-hydrogen) atoms. The van der Waals surface area contributed by atoms with Crippen LogP contribution in [-0.2, 0) is 9.53 Å². The SMILES string of the molecule is CC(C)CC(CNC(=O)/C=C/c1nc2ccccc2o1)N1CCOCC1. The van der Waals surface area contributed by atoms with Gasteiger partial charge in [0.25, 0.3) is 0 Å². The van der Waals surface area contributed by atoms with Crippen LogP contribution in [0.15, 0.2) is 34.8 Å². The highest BCUT2D eigenvalue weighted by atomic mass is 16.5. The number of ether oxygens (including phenoxy) is 1. The lowest BCUT2D eigenvalue weighted by atomic mass is 10.0. The first-order chi connectivity index (χ1) is 12.6. The van der Waals surface area contributed by atoms with Crippen LogP contribution in [0.5, 0.6) is 0 Å². The zero-order valence-corrected chi connectivity index (χ0v) is 15.5. The van der Waals surface area contributed by atoms with E-state index in [2.05, 4.69) is 29.0 Å². The van der Waals surface area contributed by atoms with Gasteiger partial charge in [0.1, 0.15) is 5.52 Å². The predicted octanol–water partition coefficient (Wildman–Crippen LogP) is 2.70. The van der Waals surface area contributed by atoms with Crippen LogP contribution < -0.4 is 5.32 Å². The van der Waals surface area contributed by atoms with Gasteiger partial charge in [0, 0.05) is 37.8 Å². The lowest BCUT2D eigenvalue weighted by Crippen LogP contribution is -2.49. The molecule has 1 aliphatic rings. The van der Waals surface area contributed by atoms with Gasteiger partial charge in [-0.05, 0) is 24.5 Å². The van der Waals surface area contributed by atoms with Crippen molar-refractivity contribution in [2.24, 2.45) is 5.92 Å². The molecule has 3 rings (SSSR count). The zero-order chi connectivity index (χ0) is 18.4. The molecule has 0 saturated carbocycles. The molecule has 2 aromatic rings. The number of benzene rings is 1. The van der Waals surface area contributed by atoms with Crippen LogP contribution in [0.3, 0.4) is 0 Å². The first-order valence-electron chi connectivity index (χ1n) is 9.25. The summed E-state index contributed by atoms with van der Waals surface area (Å²) in [7, 11) is 0. The molecule has 1 N–H and O–H groups in total. The number of hydrogen-bond donors (Lipinski definition) is 1. The van der Waals surface area contributed by atoms with E-state index >= 15 is 0 Å². The number of nitrogens with one attached hydrogen (secondary N) is 1. The van der Waals surface area contributed by atoms with Gasteiger partial charge in [0.2, 0.25) is 11.8 Å². The van der Waals surface area contributed by atoms with Crippen LogP contribution in [0.4, 0.5) is 0 Å². The largest absolute Gasteiger partial charge is 0.437 e. The van der Waals surface area contributed by atoms with E-state index in [-0.39, 0.29) is 5.91 Å². The highest BCUT2D eigenvalue weighted by Crippen LogP contribution is 2.15. The maximum atomic E-state index is 12.2. The average molecular weight is 357 g/mol. The number of rotatable bonds is 7. The molecule has 1 aromatic carbocycles. The van der Waals surface area contributed by atoms with Crippen molar-refractivity contribution in [3.8, 4) is 0 Å². The summed E-state index contributed by atoms with van der Waals surface area (Å²) in [6.45, 7) is 8.43. The second-order valence-electron chi connectivity index (χ2n) is 7.03. The van der Waals surface area contributed by atoms with Crippen molar-refractivity contribution in [3.05, 3.63) is 36.2 Å². The average Bonchev–Trinajstić information content (AvgIpc) is 3.07. The number of oxazole rings is 1. The Morgan fingerprint density at radius 2 is 2.08 bits per heavy atom. The molecule has 1 aromatic heterocycles. The summed E-state index contributed by atoms with van der Waals surface area (Å²) < 4.78 is 11.0. The molecule has 0 aliphatic carbocycles. The van der Waals surface area contributed by atoms with Crippen molar-refractivity contribution in [1.29, 1.82) is 0 Å². The van der Waals surface area contributed by atoms with E-state index in [4.69, 9.17) is 9.15 Å². The second-order valence-corrected chi connectivity index (χ2v) is 7.03. The number of hydrogen-bond acceptors (Lipinski definition) is 5. The molecular formula is C20H27N3O3. The molecular weight excluding hydrogens is 330 g/mol. The number of amides is 1. The number of para-hydroxylation sites is 2. The number of carbonyl (C=O) groups excluding carboxylic acids is 1.